The minimum Gasteiger partial charge on any atom is -0.494 e. The molecule has 6 nitrogen and oxygen atoms in total. The van der Waals surface area contributed by atoms with Gasteiger partial charge >= 0.3 is 0 Å². The van der Waals surface area contributed by atoms with Gasteiger partial charge in [-0.2, -0.15) is 0 Å². The Hall–Kier alpha value is -3.58. The molecule has 0 aliphatic carbocycles. The maximum atomic E-state index is 12.5. The largest absolute Gasteiger partial charge is 0.494 e. The van der Waals surface area contributed by atoms with Crippen molar-refractivity contribution in [1.29, 1.82) is 0 Å². The van der Waals surface area contributed by atoms with Crippen LogP contribution in [-0.4, -0.2) is 33.0 Å². The number of para-hydroxylation sites is 1. The zero-order valence-corrected chi connectivity index (χ0v) is 17.9. The van der Waals surface area contributed by atoms with Gasteiger partial charge in [-0.3, -0.25) is 4.79 Å². The molecule has 0 fully saturated rings. The number of amides is 1. The highest BCUT2D eigenvalue weighted by Gasteiger charge is 2.15. The molecule has 0 spiro atoms. The SMILES string of the molecule is CCOc1cccc(NC(=O)CSc2nc(-c3ccccc3)n(-c3ccccc3)n2)c1. The molecule has 1 heterocycles. The van der Waals surface area contributed by atoms with Crippen molar-refractivity contribution in [3.8, 4) is 22.8 Å². The molecular formula is C24H22N4O2S. The van der Waals surface area contributed by atoms with Crippen LogP contribution < -0.4 is 10.1 Å². The fraction of sp³-hybridized carbons (Fsp3) is 0.125. The summed E-state index contributed by atoms with van der Waals surface area (Å²) in [5, 5.41) is 8.08. The second kappa shape index (κ2) is 9.95. The van der Waals surface area contributed by atoms with Crippen molar-refractivity contribution in [1.82, 2.24) is 14.8 Å². The number of benzene rings is 3. The van der Waals surface area contributed by atoms with Crippen LogP contribution in [0.2, 0.25) is 0 Å². The van der Waals surface area contributed by atoms with Crippen molar-refractivity contribution in [2.75, 3.05) is 17.7 Å². The second-order valence-corrected chi connectivity index (χ2v) is 7.57. The van der Waals surface area contributed by atoms with E-state index < -0.39 is 0 Å². The van der Waals surface area contributed by atoms with Gasteiger partial charge in [0.05, 0.1) is 18.0 Å². The lowest BCUT2D eigenvalue weighted by atomic mass is 10.2. The molecule has 4 aromatic rings. The van der Waals surface area contributed by atoms with Gasteiger partial charge in [-0.25, -0.2) is 9.67 Å². The van der Waals surface area contributed by atoms with Crippen LogP contribution in [-0.2, 0) is 4.79 Å². The number of aromatic nitrogens is 3. The van der Waals surface area contributed by atoms with Gasteiger partial charge in [-0.15, -0.1) is 5.10 Å². The quantitative estimate of drug-likeness (QED) is 0.396. The summed E-state index contributed by atoms with van der Waals surface area (Å²) in [6, 6.07) is 27.1. The summed E-state index contributed by atoms with van der Waals surface area (Å²) >= 11 is 1.30. The Labute approximate surface area is 185 Å². The third-order valence-electron chi connectivity index (χ3n) is 4.38. The zero-order chi connectivity index (χ0) is 21.5. The molecule has 31 heavy (non-hydrogen) atoms. The molecule has 1 N–H and O–H groups in total. The lowest BCUT2D eigenvalue weighted by Crippen LogP contribution is -2.14. The van der Waals surface area contributed by atoms with Crippen molar-refractivity contribution in [3.05, 3.63) is 84.9 Å². The molecule has 0 saturated carbocycles. The molecule has 0 saturated heterocycles. The summed E-state index contributed by atoms with van der Waals surface area (Å²) in [6.45, 7) is 2.50. The molecule has 4 rings (SSSR count). The molecule has 0 aliphatic heterocycles. The van der Waals surface area contributed by atoms with Crippen molar-refractivity contribution in [2.45, 2.75) is 12.1 Å². The number of thioether (sulfide) groups is 1. The van der Waals surface area contributed by atoms with Crippen LogP contribution in [0.4, 0.5) is 5.69 Å². The Morgan fingerprint density at radius 3 is 2.48 bits per heavy atom. The molecule has 0 radical (unpaired) electrons. The van der Waals surface area contributed by atoms with E-state index in [1.165, 1.54) is 11.8 Å². The van der Waals surface area contributed by atoms with Crippen LogP contribution in [0.3, 0.4) is 0 Å². The number of nitrogens with one attached hydrogen (secondary N) is 1. The summed E-state index contributed by atoms with van der Waals surface area (Å²) in [7, 11) is 0. The molecule has 0 aliphatic rings. The predicted molar refractivity (Wildman–Crippen MR) is 124 cm³/mol. The number of rotatable bonds is 8. The third kappa shape index (κ3) is 5.32. The van der Waals surface area contributed by atoms with E-state index in [1.54, 1.807) is 4.68 Å². The number of carbonyl (C=O) groups excluding carboxylic acids is 1. The predicted octanol–water partition coefficient (Wildman–Crippen LogP) is 5.06. The first-order valence-electron chi connectivity index (χ1n) is 9.96. The molecule has 0 atom stereocenters. The van der Waals surface area contributed by atoms with Gasteiger partial charge in [-0.1, -0.05) is 66.4 Å². The van der Waals surface area contributed by atoms with Gasteiger partial charge in [0.15, 0.2) is 5.82 Å². The fourth-order valence-corrected chi connectivity index (χ4v) is 3.66. The monoisotopic (exact) mass is 430 g/mol. The summed E-state index contributed by atoms with van der Waals surface area (Å²) in [5.41, 5.74) is 2.57. The van der Waals surface area contributed by atoms with E-state index in [9.17, 15) is 4.79 Å². The van der Waals surface area contributed by atoms with Gasteiger partial charge < -0.3 is 10.1 Å². The standard InChI is InChI=1S/C24H22N4O2S/c1-2-30-21-15-9-12-19(16-21)25-22(29)17-31-24-26-23(18-10-5-3-6-11-18)28(27-24)20-13-7-4-8-14-20/h3-16H,2,17H2,1H3,(H,25,29). The molecule has 156 valence electrons. The third-order valence-corrected chi connectivity index (χ3v) is 5.22. The highest BCUT2D eigenvalue weighted by Crippen LogP contribution is 2.25. The minimum atomic E-state index is -0.129. The van der Waals surface area contributed by atoms with Crippen LogP contribution in [0.25, 0.3) is 17.1 Å². The van der Waals surface area contributed by atoms with Crippen molar-refractivity contribution < 1.29 is 9.53 Å². The van der Waals surface area contributed by atoms with Gasteiger partial charge in [0, 0.05) is 17.3 Å². The Morgan fingerprint density at radius 1 is 1.00 bits per heavy atom. The van der Waals surface area contributed by atoms with Gasteiger partial charge in [-0.05, 0) is 31.2 Å². The molecule has 7 heteroatoms. The van der Waals surface area contributed by atoms with Crippen LogP contribution in [0, 0.1) is 0 Å². The number of hydrogen-bond acceptors (Lipinski definition) is 5. The first-order chi connectivity index (χ1) is 15.2. The Kier molecular flexibility index (Phi) is 6.64. The van der Waals surface area contributed by atoms with E-state index >= 15 is 0 Å². The number of hydrogen-bond donors (Lipinski definition) is 1. The Morgan fingerprint density at radius 2 is 1.74 bits per heavy atom. The number of ether oxygens (including phenoxy) is 1. The average Bonchev–Trinajstić information content (AvgIpc) is 3.24. The molecule has 1 aromatic heterocycles. The lowest BCUT2D eigenvalue weighted by molar-refractivity contribution is -0.113. The normalized spacial score (nSPS) is 10.6. The highest BCUT2D eigenvalue weighted by molar-refractivity contribution is 7.99. The van der Waals surface area contributed by atoms with Crippen molar-refractivity contribution >= 4 is 23.4 Å². The van der Waals surface area contributed by atoms with Crippen molar-refractivity contribution in [3.63, 3.8) is 0 Å². The van der Waals surface area contributed by atoms with E-state index in [1.807, 2.05) is 91.9 Å². The van der Waals surface area contributed by atoms with Crippen LogP contribution >= 0.6 is 11.8 Å². The van der Waals surface area contributed by atoms with Crippen LogP contribution in [0.15, 0.2) is 90.1 Å². The Balaban J connectivity index is 1.49. The second-order valence-electron chi connectivity index (χ2n) is 6.63. The van der Waals surface area contributed by atoms with E-state index in [2.05, 4.69) is 15.4 Å². The van der Waals surface area contributed by atoms with Gasteiger partial charge in [0.1, 0.15) is 5.75 Å². The summed E-state index contributed by atoms with van der Waals surface area (Å²) in [6.07, 6.45) is 0. The van der Waals surface area contributed by atoms with E-state index in [4.69, 9.17) is 4.74 Å². The molecule has 1 amide bonds. The molecular weight excluding hydrogens is 408 g/mol. The van der Waals surface area contributed by atoms with Crippen LogP contribution in [0.1, 0.15) is 6.92 Å². The van der Waals surface area contributed by atoms with E-state index in [0.29, 0.717) is 17.5 Å². The summed E-state index contributed by atoms with van der Waals surface area (Å²) in [4.78, 5) is 17.1. The summed E-state index contributed by atoms with van der Waals surface area (Å²) in [5.74, 6) is 1.53. The zero-order valence-electron chi connectivity index (χ0n) is 17.1. The highest BCUT2D eigenvalue weighted by atomic mass is 32.2. The number of nitrogens with zero attached hydrogens (tertiary/aromatic N) is 3. The average molecular weight is 431 g/mol. The number of carbonyl (C=O) groups is 1. The van der Waals surface area contributed by atoms with E-state index in [0.717, 1.165) is 22.8 Å². The van der Waals surface area contributed by atoms with Crippen LogP contribution in [0.5, 0.6) is 5.75 Å². The molecule has 3 aromatic carbocycles. The molecule has 0 unspecified atom stereocenters. The topological polar surface area (TPSA) is 69.0 Å². The van der Waals surface area contributed by atoms with Crippen molar-refractivity contribution in [2.24, 2.45) is 0 Å². The smallest absolute Gasteiger partial charge is 0.234 e. The van der Waals surface area contributed by atoms with Gasteiger partial charge in [0.2, 0.25) is 11.1 Å². The minimum absolute atomic E-state index is 0.129. The molecule has 0 bridgehead atoms. The summed E-state index contributed by atoms with van der Waals surface area (Å²) < 4.78 is 7.28. The maximum absolute atomic E-state index is 12.5. The van der Waals surface area contributed by atoms with Gasteiger partial charge in [0.25, 0.3) is 0 Å². The first kappa shape index (κ1) is 20.7. The fourth-order valence-electron chi connectivity index (χ4n) is 3.04. The lowest BCUT2D eigenvalue weighted by Gasteiger charge is -2.07. The van der Waals surface area contributed by atoms with E-state index in [-0.39, 0.29) is 11.7 Å². The Bertz CT molecular complexity index is 1090. The first-order valence-corrected chi connectivity index (χ1v) is 10.9. The number of anilines is 1. The maximum Gasteiger partial charge on any atom is 0.234 e.